The van der Waals surface area contributed by atoms with Crippen LogP contribution in [0.2, 0.25) is 0 Å². The molecule has 5 heteroatoms. The van der Waals surface area contributed by atoms with Crippen LogP contribution < -0.4 is 5.73 Å². The molecule has 0 saturated heterocycles. The minimum Gasteiger partial charge on any atom is -0.343 e. The summed E-state index contributed by atoms with van der Waals surface area (Å²) in [6.45, 7) is 2.34. The van der Waals surface area contributed by atoms with Crippen LogP contribution >= 0.6 is 0 Å². The Balaban J connectivity index is 1.99. The fourth-order valence-corrected chi connectivity index (χ4v) is 3.01. The number of halogens is 3. The molecule has 0 aliphatic rings. The highest BCUT2D eigenvalue weighted by Crippen LogP contribution is 2.30. The van der Waals surface area contributed by atoms with E-state index in [1.165, 1.54) is 12.1 Å². The van der Waals surface area contributed by atoms with E-state index in [-0.39, 0.29) is 6.04 Å². The van der Waals surface area contributed by atoms with E-state index < -0.39 is 11.7 Å². The van der Waals surface area contributed by atoms with Crippen LogP contribution in [0.3, 0.4) is 0 Å². The van der Waals surface area contributed by atoms with E-state index in [0.717, 1.165) is 29.0 Å². The largest absolute Gasteiger partial charge is 0.416 e. The highest BCUT2D eigenvalue weighted by molar-refractivity contribution is 5.84. The molecule has 1 heterocycles. The lowest BCUT2D eigenvalue weighted by molar-refractivity contribution is -0.137. The van der Waals surface area contributed by atoms with Gasteiger partial charge in [0.05, 0.1) is 5.56 Å². The number of aromatic nitrogens is 1. The van der Waals surface area contributed by atoms with Crippen molar-refractivity contribution in [2.75, 3.05) is 0 Å². The van der Waals surface area contributed by atoms with Gasteiger partial charge < -0.3 is 10.3 Å². The Kier molecular flexibility index (Phi) is 4.37. The van der Waals surface area contributed by atoms with Crippen LogP contribution in [-0.4, -0.2) is 10.6 Å². The van der Waals surface area contributed by atoms with Crippen LogP contribution in [0.4, 0.5) is 13.2 Å². The number of fused-ring (bicyclic) bond motifs is 1. The summed E-state index contributed by atoms with van der Waals surface area (Å²) in [5.41, 5.74) is 8.04. The maximum absolute atomic E-state index is 12.9. The van der Waals surface area contributed by atoms with Crippen molar-refractivity contribution in [2.24, 2.45) is 5.73 Å². The molecule has 1 atom stereocenters. The van der Waals surface area contributed by atoms with Gasteiger partial charge in [0.25, 0.3) is 0 Å². The first kappa shape index (κ1) is 16.6. The zero-order valence-electron chi connectivity index (χ0n) is 13.3. The first-order valence-corrected chi connectivity index (χ1v) is 7.83. The third-order valence-electron chi connectivity index (χ3n) is 4.02. The Morgan fingerprint density at radius 1 is 1.08 bits per heavy atom. The van der Waals surface area contributed by atoms with Crippen LogP contribution in [0.1, 0.15) is 23.6 Å². The van der Waals surface area contributed by atoms with Crippen molar-refractivity contribution in [3.8, 4) is 0 Å². The fourth-order valence-electron chi connectivity index (χ4n) is 3.01. The molecular formula is C19H19F3N2. The first-order valence-electron chi connectivity index (χ1n) is 7.83. The molecule has 0 amide bonds. The molecule has 0 aliphatic carbocycles. The Labute approximate surface area is 138 Å². The van der Waals surface area contributed by atoms with Crippen LogP contribution in [0, 0.1) is 0 Å². The Hall–Kier alpha value is -2.27. The Bertz CT molecular complexity index is 847. The maximum Gasteiger partial charge on any atom is 0.416 e. The molecular weight excluding hydrogens is 313 g/mol. The summed E-state index contributed by atoms with van der Waals surface area (Å²) in [7, 11) is 0. The zero-order valence-corrected chi connectivity index (χ0v) is 13.3. The van der Waals surface area contributed by atoms with E-state index >= 15 is 0 Å². The normalized spacial score (nSPS) is 13.4. The van der Waals surface area contributed by atoms with Gasteiger partial charge in [-0.25, -0.2) is 0 Å². The molecule has 126 valence electrons. The van der Waals surface area contributed by atoms with Gasteiger partial charge in [0.2, 0.25) is 0 Å². The van der Waals surface area contributed by atoms with Gasteiger partial charge in [0.1, 0.15) is 0 Å². The average Bonchev–Trinajstić information content (AvgIpc) is 2.84. The second-order valence-electron chi connectivity index (χ2n) is 6.18. The van der Waals surface area contributed by atoms with Crippen molar-refractivity contribution < 1.29 is 13.2 Å². The lowest BCUT2D eigenvalue weighted by Crippen LogP contribution is -2.17. The highest BCUT2D eigenvalue weighted by Gasteiger charge is 2.30. The summed E-state index contributed by atoms with van der Waals surface area (Å²) in [6, 6.07) is 13.4. The van der Waals surface area contributed by atoms with Gasteiger partial charge >= 0.3 is 6.18 Å². The van der Waals surface area contributed by atoms with Gasteiger partial charge in [-0.2, -0.15) is 13.2 Å². The SMILES string of the molecule is CC(N)Cc1cn(Cc2cccc(C(F)(F)F)c2)c2ccccc12. The molecule has 0 fully saturated rings. The molecule has 1 aromatic heterocycles. The number of para-hydroxylation sites is 1. The Morgan fingerprint density at radius 2 is 1.83 bits per heavy atom. The summed E-state index contributed by atoms with van der Waals surface area (Å²) in [6.07, 6.45) is -1.60. The first-order chi connectivity index (χ1) is 11.3. The van der Waals surface area contributed by atoms with Crippen molar-refractivity contribution in [2.45, 2.75) is 32.1 Å². The van der Waals surface area contributed by atoms with Crippen molar-refractivity contribution >= 4 is 10.9 Å². The van der Waals surface area contributed by atoms with E-state index in [9.17, 15) is 13.2 Å². The van der Waals surface area contributed by atoms with Crippen LogP contribution in [0.25, 0.3) is 10.9 Å². The average molecular weight is 332 g/mol. The van der Waals surface area contributed by atoms with Gasteiger partial charge in [-0.05, 0) is 42.7 Å². The smallest absolute Gasteiger partial charge is 0.343 e. The third kappa shape index (κ3) is 3.46. The number of hydrogen-bond acceptors (Lipinski definition) is 1. The third-order valence-corrected chi connectivity index (χ3v) is 4.02. The topological polar surface area (TPSA) is 30.9 Å². The monoisotopic (exact) mass is 332 g/mol. The highest BCUT2D eigenvalue weighted by atomic mass is 19.4. The molecule has 0 aliphatic heterocycles. The summed E-state index contributed by atoms with van der Waals surface area (Å²) in [5.74, 6) is 0. The number of benzene rings is 2. The molecule has 1 unspecified atom stereocenters. The van der Waals surface area contributed by atoms with Crippen LogP contribution in [-0.2, 0) is 19.1 Å². The molecule has 3 rings (SSSR count). The number of alkyl halides is 3. The van der Waals surface area contributed by atoms with Crippen LogP contribution in [0.5, 0.6) is 0 Å². The Morgan fingerprint density at radius 3 is 2.54 bits per heavy atom. The van der Waals surface area contributed by atoms with Crippen molar-refractivity contribution in [3.05, 3.63) is 71.4 Å². The molecule has 3 aromatic rings. The molecule has 2 aromatic carbocycles. The lowest BCUT2D eigenvalue weighted by atomic mass is 10.1. The predicted molar refractivity (Wildman–Crippen MR) is 89.8 cm³/mol. The van der Waals surface area contributed by atoms with Gasteiger partial charge in [-0.1, -0.05) is 30.3 Å². The summed E-state index contributed by atoms with van der Waals surface area (Å²) >= 11 is 0. The van der Waals surface area contributed by atoms with Crippen molar-refractivity contribution in [1.82, 2.24) is 4.57 Å². The van der Waals surface area contributed by atoms with E-state index in [4.69, 9.17) is 5.73 Å². The van der Waals surface area contributed by atoms with E-state index in [2.05, 4.69) is 0 Å². The van der Waals surface area contributed by atoms with Crippen molar-refractivity contribution in [3.63, 3.8) is 0 Å². The summed E-state index contributed by atoms with van der Waals surface area (Å²) in [5, 5.41) is 1.10. The number of hydrogen-bond donors (Lipinski definition) is 1. The second-order valence-corrected chi connectivity index (χ2v) is 6.18. The number of nitrogens with zero attached hydrogens (tertiary/aromatic N) is 1. The second kappa shape index (κ2) is 6.32. The van der Waals surface area contributed by atoms with E-state index in [0.29, 0.717) is 12.1 Å². The molecule has 24 heavy (non-hydrogen) atoms. The minimum atomic E-state index is -4.32. The van der Waals surface area contributed by atoms with Gasteiger partial charge in [-0.15, -0.1) is 0 Å². The predicted octanol–water partition coefficient (Wildman–Crippen LogP) is 4.60. The molecule has 0 saturated carbocycles. The summed E-state index contributed by atoms with van der Waals surface area (Å²) in [4.78, 5) is 0. The van der Waals surface area contributed by atoms with E-state index in [1.54, 1.807) is 6.07 Å². The maximum atomic E-state index is 12.9. The number of nitrogens with two attached hydrogens (primary N) is 1. The number of rotatable bonds is 4. The standard InChI is InChI=1S/C19H19F3N2/c1-13(23)9-15-12-24(18-8-3-2-7-17(15)18)11-14-5-4-6-16(10-14)19(20,21)22/h2-8,10,12-13H,9,11,23H2,1H3. The van der Waals surface area contributed by atoms with Crippen LogP contribution in [0.15, 0.2) is 54.7 Å². The molecule has 0 spiro atoms. The summed E-state index contributed by atoms with van der Waals surface area (Å²) < 4.78 is 40.6. The molecule has 2 N–H and O–H groups in total. The van der Waals surface area contributed by atoms with Crippen molar-refractivity contribution in [1.29, 1.82) is 0 Å². The lowest BCUT2D eigenvalue weighted by Gasteiger charge is -2.10. The minimum absolute atomic E-state index is 0.0258. The molecule has 0 bridgehead atoms. The van der Waals surface area contributed by atoms with E-state index in [1.807, 2.05) is 42.0 Å². The molecule has 0 radical (unpaired) electrons. The zero-order chi connectivity index (χ0) is 17.3. The van der Waals surface area contributed by atoms with Gasteiger partial charge in [0, 0.05) is 29.7 Å². The molecule has 2 nitrogen and oxygen atoms in total. The van der Waals surface area contributed by atoms with Gasteiger partial charge in [0.15, 0.2) is 0 Å². The fraction of sp³-hybridized carbons (Fsp3) is 0.263. The van der Waals surface area contributed by atoms with Gasteiger partial charge in [-0.3, -0.25) is 0 Å². The quantitative estimate of drug-likeness (QED) is 0.744.